The largest absolute Gasteiger partial charge is 0.488 e. The second kappa shape index (κ2) is 5.54. The normalized spacial score (nSPS) is 16.2. The number of nitrogens with two attached hydrogens (primary N) is 1. The fourth-order valence-electron chi connectivity index (χ4n) is 2.46. The molecule has 3 rings (SSSR count). The van der Waals surface area contributed by atoms with Crippen LogP contribution in [0.1, 0.15) is 15.9 Å². The van der Waals surface area contributed by atoms with Gasteiger partial charge in [0, 0.05) is 24.7 Å². The maximum atomic E-state index is 11.4. The van der Waals surface area contributed by atoms with Gasteiger partial charge < -0.3 is 15.2 Å². The number of esters is 1. The molecule has 2 heterocycles. The number of methoxy groups -OCH3 is 1. The zero-order valence-corrected chi connectivity index (χ0v) is 11.7. The summed E-state index contributed by atoms with van der Waals surface area (Å²) in [5, 5.41) is 0. The van der Waals surface area contributed by atoms with Gasteiger partial charge in [0.2, 0.25) is 0 Å². The van der Waals surface area contributed by atoms with E-state index in [0.29, 0.717) is 12.1 Å². The van der Waals surface area contributed by atoms with Crippen LogP contribution in [0, 0.1) is 0 Å². The number of para-hydroxylation sites is 1. The second-order valence-corrected chi connectivity index (χ2v) is 4.90. The average Bonchev–Trinajstić information content (AvgIpc) is 2.97. The van der Waals surface area contributed by atoms with Crippen molar-refractivity contribution in [1.82, 2.24) is 4.98 Å². The average molecular weight is 284 g/mol. The van der Waals surface area contributed by atoms with Crippen molar-refractivity contribution in [2.45, 2.75) is 12.5 Å². The van der Waals surface area contributed by atoms with Gasteiger partial charge in [-0.3, -0.25) is 4.98 Å². The van der Waals surface area contributed by atoms with Crippen molar-refractivity contribution < 1.29 is 14.3 Å². The summed E-state index contributed by atoms with van der Waals surface area (Å²) in [6.07, 6.45) is 2.35. The van der Waals surface area contributed by atoms with Crippen molar-refractivity contribution in [2.24, 2.45) is 5.73 Å². The molecular formula is C16H16N2O3. The van der Waals surface area contributed by atoms with Crippen molar-refractivity contribution in [3.05, 3.63) is 47.7 Å². The minimum atomic E-state index is -0.396. The van der Waals surface area contributed by atoms with Crippen LogP contribution in [0.2, 0.25) is 0 Å². The molecule has 5 nitrogen and oxygen atoms in total. The van der Waals surface area contributed by atoms with Crippen molar-refractivity contribution in [2.75, 3.05) is 13.7 Å². The number of ether oxygens (including phenoxy) is 2. The zero-order chi connectivity index (χ0) is 14.8. The lowest BCUT2D eigenvalue weighted by Gasteiger charge is -2.10. The maximum absolute atomic E-state index is 11.4. The number of hydrogen-bond donors (Lipinski definition) is 1. The van der Waals surface area contributed by atoms with E-state index >= 15 is 0 Å². The van der Waals surface area contributed by atoms with Crippen LogP contribution in [0.25, 0.3) is 11.3 Å². The first kappa shape index (κ1) is 13.6. The van der Waals surface area contributed by atoms with Crippen LogP contribution >= 0.6 is 0 Å². The van der Waals surface area contributed by atoms with Gasteiger partial charge in [0.05, 0.1) is 18.4 Å². The van der Waals surface area contributed by atoms with Crippen molar-refractivity contribution >= 4 is 5.97 Å². The number of nitrogens with zero attached hydrogens (tertiary/aromatic N) is 1. The molecule has 2 N–H and O–H groups in total. The zero-order valence-electron chi connectivity index (χ0n) is 11.7. The van der Waals surface area contributed by atoms with Gasteiger partial charge >= 0.3 is 5.97 Å². The van der Waals surface area contributed by atoms with E-state index in [2.05, 4.69) is 9.72 Å². The van der Waals surface area contributed by atoms with Crippen molar-refractivity contribution in [3.63, 3.8) is 0 Å². The van der Waals surface area contributed by atoms with Gasteiger partial charge in [-0.25, -0.2) is 4.79 Å². The molecule has 1 aliphatic rings. The summed E-state index contributed by atoms with van der Waals surface area (Å²) in [4.78, 5) is 15.8. The molecule has 1 aromatic heterocycles. The predicted octanol–water partition coefficient (Wildman–Crippen LogP) is 1.80. The van der Waals surface area contributed by atoms with Gasteiger partial charge in [-0.15, -0.1) is 0 Å². The predicted molar refractivity (Wildman–Crippen MR) is 78.2 cm³/mol. The van der Waals surface area contributed by atoms with Crippen LogP contribution in [0.3, 0.4) is 0 Å². The summed E-state index contributed by atoms with van der Waals surface area (Å²) in [6, 6.07) is 9.46. The first-order chi connectivity index (χ1) is 10.2. The molecule has 5 heteroatoms. The molecule has 2 aromatic rings. The lowest BCUT2D eigenvalue weighted by atomic mass is 10.0. The van der Waals surface area contributed by atoms with Crippen LogP contribution in [0.5, 0.6) is 5.75 Å². The van der Waals surface area contributed by atoms with E-state index in [4.69, 9.17) is 10.5 Å². The molecule has 108 valence electrons. The maximum Gasteiger partial charge on any atom is 0.339 e. The Hall–Kier alpha value is -2.40. The van der Waals surface area contributed by atoms with E-state index < -0.39 is 5.97 Å². The summed E-state index contributed by atoms with van der Waals surface area (Å²) >= 11 is 0. The molecule has 0 amide bonds. The molecule has 0 bridgehead atoms. The Bertz CT molecular complexity index is 668. The third-order valence-corrected chi connectivity index (χ3v) is 3.55. The Morgan fingerprint density at radius 1 is 1.43 bits per heavy atom. The number of rotatable bonds is 3. The highest BCUT2D eigenvalue weighted by atomic mass is 16.5. The molecule has 1 atom stereocenters. The highest BCUT2D eigenvalue weighted by Gasteiger charge is 2.25. The van der Waals surface area contributed by atoms with E-state index in [1.165, 1.54) is 13.3 Å². The van der Waals surface area contributed by atoms with Crippen LogP contribution in [0.15, 0.2) is 36.5 Å². The number of fused-ring (bicyclic) bond motifs is 1. The molecule has 0 fully saturated rings. The number of carbonyl (C=O) groups excluding carboxylic acids is 1. The lowest BCUT2D eigenvalue weighted by Crippen LogP contribution is -2.24. The molecule has 0 spiro atoms. The topological polar surface area (TPSA) is 74.4 Å². The number of carbonyl (C=O) groups is 1. The Morgan fingerprint density at radius 3 is 2.95 bits per heavy atom. The van der Waals surface area contributed by atoms with Crippen molar-refractivity contribution in [3.8, 4) is 17.0 Å². The highest BCUT2D eigenvalue weighted by molar-refractivity contribution is 5.89. The summed E-state index contributed by atoms with van der Waals surface area (Å²) < 4.78 is 10.6. The lowest BCUT2D eigenvalue weighted by molar-refractivity contribution is 0.0600. The Kier molecular flexibility index (Phi) is 3.58. The monoisotopic (exact) mass is 284 g/mol. The molecule has 0 unspecified atom stereocenters. The van der Waals surface area contributed by atoms with Crippen molar-refractivity contribution in [1.29, 1.82) is 0 Å². The third kappa shape index (κ3) is 2.48. The molecule has 0 saturated carbocycles. The number of aromatic nitrogens is 1. The highest BCUT2D eigenvalue weighted by Crippen LogP contribution is 2.37. The summed E-state index contributed by atoms with van der Waals surface area (Å²) in [5.41, 5.74) is 8.92. The van der Waals surface area contributed by atoms with E-state index in [1.54, 1.807) is 12.1 Å². The fraction of sp³-hybridized carbons (Fsp3) is 0.250. The molecule has 0 radical (unpaired) electrons. The Labute approximate surface area is 122 Å². The second-order valence-electron chi connectivity index (χ2n) is 4.90. The van der Waals surface area contributed by atoms with Gasteiger partial charge in [0.15, 0.2) is 0 Å². The molecule has 21 heavy (non-hydrogen) atoms. The fourth-order valence-corrected chi connectivity index (χ4v) is 2.46. The summed E-state index contributed by atoms with van der Waals surface area (Å²) in [6.45, 7) is 0.489. The molecular weight excluding hydrogens is 268 g/mol. The van der Waals surface area contributed by atoms with Gasteiger partial charge in [-0.2, -0.15) is 0 Å². The molecule has 1 aliphatic heterocycles. The first-order valence-corrected chi connectivity index (χ1v) is 6.76. The quantitative estimate of drug-likeness (QED) is 0.870. The van der Waals surface area contributed by atoms with E-state index in [9.17, 15) is 4.79 Å². The minimum Gasteiger partial charge on any atom is -0.488 e. The molecule has 0 aliphatic carbocycles. The number of pyridine rings is 1. The Balaban J connectivity index is 1.95. The van der Waals surface area contributed by atoms with Gasteiger partial charge in [0.1, 0.15) is 11.9 Å². The van der Waals surface area contributed by atoms with Gasteiger partial charge in [0.25, 0.3) is 0 Å². The van der Waals surface area contributed by atoms with E-state index in [0.717, 1.165) is 29.0 Å². The number of benzene rings is 1. The van der Waals surface area contributed by atoms with Gasteiger partial charge in [-0.05, 0) is 23.8 Å². The Morgan fingerprint density at radius 2 is 2.29 bits per heavy atom. The minimum absolute atomic E-state index is 0.0236. The first-order valence-electron chi connectivity index (χ1n) is 6.76. The van der Waals surface area contributed by atoms with Crippen LogP contribution in [-0.2, 0) is 11.2 Å². The molecule has 1 aromatic carbocycles. The van der Waals surface area contributed by atoms with E-state index in [1.807, 2.05) is 18.2 Å². The van der Waals surface area contributed by atoms with Crippen LogP contribution in [-0.4, -0.2) is 30.7 Å². The number of hydrogen-bond acceptors (Lipinski definition) is 5. The van der Waals surface area contributed by atoms with Gasteiger partial charge in [-0.1, -0.05) is 12.1 Å². The third-order valence-electron chi connectivity index (χ3n) is 3.55. The SMILES string of the molecule is COC(=O)c1ccc(-c2cccc3c2O[C@H](CN)C3)nc1. The standard InChI is InChI=1S/C16H16N2O3/c1-20-16(19)11-5-6-14(18-9-11)13-4-2-3-10-7-12(8-17)21-15(10)13/h2-6,9,12H,7-8,17H2,1H3/t12-/m0/s1. The summed E-state index contributed by atoms with van der Waals surface area (Å²) in [5.74, 6) is 0.443. The van der Waals surface area contributed by atoms with Crippen LogP contribution in [0.4, 0.5) is 0 Å². The smallest absolute Gasteiger partial charge is 0.339 e. The summed E-state index contributed by atoms with van der Waals surface area (Å²) in [7, 11) is 1.35. The van der Waals surface area contributed by atoms with Crippen LogP contribution < -0.4 is 10.5 Å². The van der Waals surface area contributed by atoms with E-state index in [-0.39, 0.29) is 6.10 Å². The molecule has 0 saturated heterocycles.